The minimum atomic E-state index is -0.469. The molecule has 0 fully saturated rings. The molecule has 0 aliphatic heterocycles. The Morgan fingerprint density at radius 2 is 1.95 bits per heavy atom. The Bertz CT molecular complexity index is 415. The van der Waals surface area contributed by atoms with Crippen LogP contribution in [0.25, 0.3) is 0 Å². The van der Waals surface area contributed by atoms with Gasteiger partial charge in [-0.3, -0.25) is 9.59 Å². The van der Waals surface area contributed by atoms with Gasteiger partial charge in [-0.2, -0.15) is 0 Å². The van der Waals surface area contributed by atoms with Crippen LogP contribution in [-0.2, 0) is 16.0 Å². The summed E-state index contributed by atoms with van der Waals surface area (Å²) in [7, 11) is 0. The van der Waals surface area contributed by atoms with Gasteiger partial charge in [0, 0.05) is 24.3 Å². The zero-order chi connectivity index (χ0) is 14.4. The number of thiophene rings is 1. The van der Waals surface area contributed by atoms with Gasteiger partial charge in [-0.05, 0) is 24.3 Å². The zero-order valence-electron chi connectivity index (χ0n) is 11.9. The van der Waals surface area contributed by atoms with E-state index in [9.17, 15) is 9.59 Å². The Hall–Kier alpha value is -1.36. The second-order valence-electron chi connectivity index (χ2n) is 5.12. The molecule has 0 aliphatic rings. The fourth-order valence-corrected chi connectivity index (χ4v) is 2.70. The van der Waals surface area contributed by atoms with Crippen LogP contribution in [0.2, 0.25) is 0 Å². The molecule has 0 saturated heterocycles. The van der Waals surface area contributed by atoms with E-state index in [1.165, 1.54) is 11.8 Å². The Morgan fingerprint density at radius 3 is 2.42 bits per heavy atom. The van der Waals surface area contributed by atoms with Gasteiger partial charge in [0.1, 0.15) is 6.04 Å². The van der Waals surface area contributed by atoms with Crippen LogP contribution < -0.4 is 10.6 Å². The molecule has 1 aromatic heterocycles. The van der Waals surface area contributed by atoms with Gasteiger partial charge >= 0.3 is 0 Å². The molecule has 2 N–H and O–H groups in total. The average molecular weight is 282 g/mol. The van der Waals surface area contributed by atoms with Gasteiger partial charge in [-0.25, -0.2) is 0 Å². The van der Waals surface area contributed by atoms with E-state index in [0.29, 0.717) is 0 Å². The van der Waals surface area contributed by atoms with E-state index in [0.717, 1.165) is 6.42 Å². The van der Waals surface area contributed by atoms with Crippen molar-refractivity contribution in [2.24, 2.45) is 5.92 Å². The van der Waals surface area contributed by atoms with E-state index in [-0.39, 0.29) is 23.8 Å². The van der Waals surface area contributed by atoms with E-state index < -0.39 is 6.04 Å². The van der Waals surface area contributed by atoms with Crippen molar-refractivity contribution >= 4 is 23.2 Å². The lowest BCUT2D eigenvalue weighted by Crippen LogP contribution is -2.51. The van der Waals surface area contributed by atoms with Crippen LogP contribution in [-0.4, -0.2) is 23.9 Å². The molecule has 2 atom stereocenters. The first-order valence-electron chi connectivity index (χ1n) is 6.50. The molecule has 0 radical (unpaired) electrons. The van der Waals surface area contributed by atoms with Gasteiger partial charge in [-0.1, -0.05) is 19.9 Å². The van der Waals surface area contributed by atoms with Crippen molar-refractivity contribution in [1.82, 2.24) is 10.6 Å². The van der Waals surface area contributed by atoms with Crippen LogP contribution in [0.1, 0.15) is 32.6 Å². The van der Waals surface area contributed by atoms with E-state index in [4.69, 9.17) is 0 Å². The third kappa shape index (κ3) is 5.42. The number of carbonyl (C=O) groups is 2. The van der Waals surface area contributed by atoms with Gasteiger partial charge in [0.25, 0.3) is 0 Å². The topological polar surface area (TPSA) is 58.2 Å². The monoisotopic (exact) mass is 282 g/mol. The molecule has 2 amide bonds. The highest BCUT2D eigenvalue weighted by atomic mass is 32.1. The molecule has 0 bridgehead atoms. The highest BCUT2D eigenvalue weighted by molar-refractivity contribution is 7.09. The minimum Gasteiger partial charge on any atom is -0.351 e. The molecule has 19 heavy (non-hydrogen) atoms. The van der Waals surface area contributed by atoms with Crippen LogP contribution in [0.5, 0.6) is 0 Å². The molecule has 2 unspecified atom stereocenters. The van der Waals surface area contributed by atoms with Crippen molar-refractivity contribution in [3.63, 3.8) is 0 Å². The quantitative estimate of drug-likeness (QED) is 0.838. The molecular formula is C14H22N2O2S. The molecule has 1 aromatic rings. The lowest BCUT2D eigenvalue weighted by molar-refractivity contribution is -0.129. The van der Waals surface area contributed by atoms with Gasteiger partial charge in [0.2, 0.25) is 11.8 Å². The maximum Gasteiger partial charge on any atom is 0.243 e. The summed E-state index contributed by atoms with van der Waals surface area (Å²) in [6, 6.07) is 3.65. The van der Waals surface area contributed by atoms with Crippen molar-refractivity contribution in [2.45, 2.75) is 46.2 Å². The van der Waals surface area contributed by atoms with Crippen LogP contribution >= 0.6 is 11.3 Å². The molecule has 1 rings (SSSR count). The largest absolute Gasteiger partial charge is 0.351 e. The molecule has 1 heterocycles. The van der Waals surface area contributed by atoms with Crippen molar-refractivity contribution in [3.8, 4) is 0 Å². The molecular weight excluding hydrogens is 260 g/mol. The van der Waals surface area contributed by atoms with E-state index in [1.807, 2.05) is 32.2 Å². The molecule has 5 heteroatoms. The van der Waals surface area contributed by atoms with Gasteiger partial charge in [0.15, 0.2) is 0 Å². The Morgan fingerprint density at radius 1 is 1.26 bits per heavy atom. The van der Waals surface area contributed by atoms with Crippen LogP contribution in [0.15, 0.2) is 17.5 Å². The first-order valence-corrected chi connectivity index (χ1v) is 7.38. The smallest absolute Gasteiger partial charge is 0.243 e. The zero-order valence-corrected chi connectivity index (χ0v) is 12.7. The molecule has 106 valence electrons. The highest BCUT2D eigenvalue weighted by Crippen LogP contribution is 2.11. The Labute approximate surface area is 118 Å². The highest BCUT2D eigenvalue weighted by Gasteiger charge is 2.24. The van der Waals surface area contributed by atoms with Gasteiger partial charge in [0.05, 0.1) is 0 Å². The average Bonchev–Trinajstić information content (AvgIpc) is 2.77. The summed E-state index contributed by atoms with van der Waals surface area (Å²) in [6.45, 7) is 7.24. The number of hydrogen-bond acceptors (Lipinski definition) is 3. The number of hydrogen-bond donors (Lipinski definition) is 2. The summed E-state index contributed by atoms with van der Waals surface area (Å²) in [6.07, 6.45) is 0.814. The first-order chi connectivity index (χ1) is 8.90. The number of amides is 2. The van der Waals surface area contributed by atoms with Gasteiger partial charge < -0.3 is 10.6 Å². The maximum atomic E-state index is 12.1. The number of carbonyl (C=O) groups excluding carboxylic acids is 2. The van der Waals surface area contributed by atoms with Crippen molar-refractivity contribution < 1.29 is 9.59 Å². The summed E-state index contributed by atoms with van der Waals surface area (Å²) in [5.41, 5.74) is 0. The third-order valence-corrected chi connectivity index (χ3v) is 3.68. The number of nitrogens with one attached hydrogen (secondary N) is 2. The minimum absolute atomic E-state index is 0.0566. The van der Waals surface area contributed by atoms with Crippen LogP contribution in [0.3, 0.4) is 0 Å². The fourth-order valence-electron chi connectivity index (χ4n) is 1.87. The summed E-state index contributed by atoms with van der Waals surface area (Å²) >= 11 is 1.68. The van der Waals surface area contributed by atoms with Crippen LogP contribution in [0.4, 0.5) is 0 Å². The predicted octanol–water partition coefficient (Wildman–Crippen LogP) is 1.96. The van der Waals surface area contributed by atoms with E-state index in [1.54, 1.807) is 11.3 Å². The molecule has 0 aliphatic carbocycles. The Balaban J connectivity index is 2.53. The number of rotatable bonds is 6. The third-order valence-electron chi connectivity index (χ3n) is 2.78. The Kier molecular flexibility index (Phi) is 6.02. The first kappa shape index (κ1) is 15.7. The van der Waals surface area contributed by atoms with Crippen molar-refractivity contribution in [3.05, 3.63) is 22.4 Å². The molecule has 4 nitrogen and oxygen atoms in total. The second-order valence-corrected chi connectivity index (χ2v) is 6.15. The molecule has 0 aromatic carbocycles. The summed E-state index contributed by atoms with van der Waals surface area (Å²) in [5.74, 6) is -0.230. The van der Waals surface area contributed by atoms with Crippen molar-refractivity contribution in [2.75, 3.05) is 0 Å². The fraction of sp³-hybridized carbons (Fsp3) is 0.571. The summed E-state index contributed by atoms with van der Waals surface area (Å²) < 4.78 is 0. The van der Waals surface area contributed by atoms with E-state index >= 15 is 0 Å². The predicted molar refractivity (Wildman–Crippen MR) is 78.1 cm³/mol. The SMILES string of the molecule is CC(=O)NC(C(=O)NC(C)Cc1cccs1)C(C)C. The maximum absolute atomic E-state index is 12.1. The lowest BCUT2D eigenvalue weighted by Gasteiger charge is -2.23. The summed E-state index contributed by atoms with van der Waals surface area (Å²) in [4.78, 5) is 24.5. The summed E-state index contributed by atoms with van der Waals surface area (Å²) in [5, 5.41) is 7.68. The van der Waals surface area contributed by atoms with Crippen molar-refractivity contribution in [1.29, 1.82) is 0 Å². The normalized spacial score (nSPS) is 13.9. The lowest BCUT2D eigenvalue weighted by atomic mass is 10.0. The van der Waals surface area contributed by atoms with E-state index in [2.05, 4.69) is 16.7 Å². The van der Waals surface area contributed by atoms with Gasteiger partial charge in [-0.15, -0.1) is 11.3 Å². The molecule has 0 spiro atoms. The second kappa shape index (κ2) is 7.28. The standard InChI is InChI=1S/C14H22N2O2S/c1-9(2)13(16-11(4)17)14(18)15-10(3)8-12-6-5-7-19-12/h5-7,9-10,13H,8H2,1-4H3,(H,15,18)(H,16,17). The molecule has 0 saturated carbocycles. The van der Waals surface area contributed by atoms with Crippen LogP contribution in [0, 0.1) is 5.92 Å².